The molecule has 8 aromatic rings. The Morgan fingerprint density at radius 2 is 0.970 bits per heavy atom. The average molecular weight is 932 g/mol. The second-order valence-corrected chi connectivity index (χ2v) is 16.0. The Balaban J connectivity index is 0.000000197. The molecule has 12 nitrogen and oxygen atoms in total. The summed E-state index contributed by atoms with van der Waals surface area (Å²) >= 11 is 12.4. The second-order valence-electron chi connectivity index (χ2n) is 15.2. The summed E-state index contributed by atoms with van der Waals surface area (Å²) in [4.78, 5) is 77.0. The third kappa shape index (κ3) is 10.3. The molecule has 0 spiro atoms. The van der Waals surface area contributed by atoms with Crippen molar-refractivity contribution in [2.24, 2.45) is 0 Å². The lowest BCUT2D eigenvalue weighted by atomic mass is 10.1. The average Bonchev–Trinajstić information content (AvgIpc) is 3.31. The highest BCUT2D eigenvalue weighted by atomic mass is 35.5. The molecule has 0 aliphatic heterocycles. The molecule has 0 aliphatic carbocycles. The van der Waals surface area contributed by atoms with Crippen molar-refractivity contribution >= 4 is 56.8 Å². The van der Waals surface area contributed by atoms with E-state index in [9.17, 15) is 37.5 Å². The van der Waals surface area contributed by atoms with Crippen molar-refractivity contribution in [3.05, 3.63) is 219 Å². The lowest BCUT2D eigenvalue weighted by molar-refractivity contribution is -0.121. The van der Waals surface area contributed by atoms with Crippen LogP contribution < -0.4 is 33.1 Å². The van der Waals surface area contributed by atoms with Crippen LogP contribution in [0.4, 0.5) is 8.78 Å². The molecule has 6 aromatic carbocycles. The smallest absolute Gasteiger partial charge is 0.336 e. The first-order valence-electron chi connectivity index (χ1n) is 20.8. The van der Waals surface area contributed by atoms with Gasteiger partial charge < -0.3 is 10.6 Å². The predicted octanol–water partition coefficient (Wildman–Crippen LogP) is 7.34. The highest BCUT2D eigenvalue weighted by Gasteiger charge is 2.18. The minimum atomic E-state index is -0.548. The van der Waals surface area contributed by atoms with Gasteiger partial charge in [-0.25, -0.2) is 27.5 Å². The molecular weight excluding hydrogens is 889 g/mol. The largest absolute Gasteiger partial charge is 0.359 e. The fourth-order valence-electron chi connectivity index (χ4n) is 7.36. The first kappa shape index (κ1) is 46.6. The Labute approximate surface area is 385 Å². The van der Waals surface area contributed by atoms with Crippen molar-refractivity contribution in [1.82, 2.24) is 28.9 Å². The Bertz CT molecular complexity index is 3370. The van der Waals surface area contributed by atoms with Crippen molar-refractivity contribution in [3.8, 4) is 11.4 Å². The van der Waals surface area contributed by atoms with E-state index in [1.807, 2.05) is 6.92 Å². The normalized spacial score (nSPS) is 11.0. The molecule has 66 heavy (non-hydrogen) atoms. The summed E-state index contributed by atoms with van der Waals surface area (Å²) in [5.41, 5.74) is 2.30. The fraction of sp³-hybridized carbons (Fsp3) is 0.160. The van der Waals surface area contributed by atoms with E-state index in [0.29, 0.717) is 50.9 Å². The Kier molecular flexibility index (Phi) is 14.5. The number of nitrogens with zero attached hydrogens (tertiary/aromatic N) is 4. The number of fused-ring (bicyclic) bond motifs is 2. The van der Waals surface area contributed by atoms with E-state index in [0.717, 1.165) is 26.7 Å². The number of aromatic nitrogens is 4. The molecule has 0 unspecified atom stereocenters. The first-order valence-corrected chi connectivity index (χ1v) is 21.6. The number of hydrogen-bond donors (Lipinski definition) is 2. The van der Waals surface area contributed by atoms with Crippen LogP contribution in [0, 0.1) is 11.6 Å². The summed E-state index contributed by atoms with van der Waals surface area (Å²) in [7, 11) is 1.56. The van der Waals surface area contributed by atoms with Gasteiger partial charge in [-0.1, -0.05) is 90.8 Å². The molecule has 0 fully saturated rings. The molecule has 336 valence electrons. The highest BCUT2D eigenvalue weighted by Crippen LogP contribution is 2.22. The molecule has 8 rings (SSSR count). The Morgan fingerprint density at radius 1 is 0.561 bits per heavy atom. The molecule has 2 aromatic heterocycles. The monoisotopic (exact) mass is 930 g/mol. The van der Waals surface area contributed by atoms with E-state index in [1.54, 1.807) is 104 Å². The van der Waals surface area contributed by atoms with Crippen molar-refractivity contribution in [1.29, 1.82) is 0 Å². The number of halogens is 4. The van der Waals surface area contributed by atoms with Gasteiger partial charge in [0.15, 0.2) is 0 Å². The zero-order valence-corrected chi connectivity index (χ0v) is 37.2. The minimum Gasteiger partial charge on any atom is -0.359 e. The van der Waals surface area contributed by atoms with E-state index in [-0.39, 0.29) is 47.8 Å². The van der Waals surface area contributed by atoms with Gasteiger partial charge in [-0.15, -0.1) is 0 Å². The Hall–Kier alpha value is -7.42. The first-order chi connectivity index (χ1) is 31.8. The standard InChI is InChI=1S/C26H23ClFN3O3.C24H19ClFN3O3/c1-2-13-29-24(32)14-17-7-11-20(12-8-17)31-25(33)21-5-3-4-6-23(21)30(26(31)34)16-18-9-10-19(28)15-22(18)27;1-27-22(30)12-15-6-10-18(11-7-15)29-23(31)19-4-2-3-5-21(19)28(24(29)32)14-16-8-9-17(26)13-20(16)25/h3-12,15H,2,13-14,16H2,1H3,(H,29,32);2-11,13H,12,14H2,1H3,(H,27,30). The van der Waals surface area contributed by atoms with E-state index in [1.165, 1.54) is 45.5 Å². The maximum Gasteiger partial charge on any atom is 0.336 e. The van der Waals surface area contributed by atoms with Gasteiger partial charge in [0.05, 0.1) is 59.1 Å². The van der Waals surface area contributed by atoms with Crippen LogP contribution in [0.3, 0.4) is 0 Å². The molecule has 0 bridgehead atoms. The molecule has 2 amide bonds. The highest BCUT2D eigenvalue weighted by molar-refractivity contribution is 6.31. The molecule has 2 heterocycles. The lowest BCUT2D eigenvalue weighted by Crippen LogP contribution is -2.39. The number of likely N-dealkylation sites (N-methyl/N-ethyl adjacent to an activating group) is 1. The summed E-state index contributed by atoms with van der Waals surface area (Å²) in [6.45, 7) is 2.72. The number of nitrogens with one attached hydrogen (secondary N) is 2. The van der Waals surface area contributed by atoms with Gasteiger partial charge >= 0.3 is 11.4 Å². The summed E-state index contributed by atoms with van der Waals surface area (Å²) < 4.78 is 32.0. The van der Waals surface area contributed by atoms with Crippen LogP contribution in [-0.2, 0) is 35.5 Å². The van der Waals surface area contributed by atoms with Crippen LogP contribution in [-0.4, -0.2) is 43.7 Å². The zero-order chi connectivity index (χ0) is 47.1. The SMILES string of the molecule is CCCNC(=O)Cc1ccc(-n2c(=O)c3ccccc3n(Cc3ccc(F)cc3Cl)c2=O)cc1.CNC(=O)Cc1ccc(-n2c(=O)c3ccccc3n(Cc3ccc(F)cc3Cl)c2=O)cc1. The molecule has 0 saturated carbocycles. The molecule has 16 heteroatoms. The summed E-state index contributed by atoms with van der Waals surface area (Å²) in [5, 5.41) is 6.49. The van der Waals surface area contributed by atoms with Crippen LogP contribution in [0.5, 0.6) is 0 Å². The van der Waals surface area contributed by atoms with Crippen LogP contribution in [0.2, 0.25) is 10.0 Å². The van der Waals surface area contributed by atoms with Gasteiger partial charge in [0.2, 0.25) is 11.8 Å². The third-order valence-corrected chi connectivity index (χ3v) is 11.5. The maximum absolute atomic E-state index is 13.5. The van der Waals surface area contributed by atoms with Gasteiger partial charge in [0, 0.05) is 23.6 Å². The molecule has 0 radical (unpaired) electrons. The zero-order valence-electron chi connectivity index (χ0n) is 35.7. The van der Waals surface area contributed by atoms with Crippen LogP contribution in [0.25, 0.3) is 33.2 Å². The second kappa shape index (κ2) is 20.6. The van der Waals surface area contributed by atoms with Crippen LogP contribution >= 0.6 is 23.2 Å². The topological polar surface area (TPSA) is 146 Å². The van der Waals surface area contributed by atoms with Crippen LogP contribution in [0.15, 0.2) is 153 Å². The number of hydrogen-bond acceptors (Lipinski definition) is 6. The number of benzene rings is 6. The van der Waals surface area contributed by atoms with Gasteiger partial charge in [0.1, 0.15) is 11.6 Å². The summed E-state index contributed by atoms with van der Waals surface area (Å²) in [6, 6.07) is 35.0. The molecule has 2 N–H and O–H groups in total. The fourth-order valence-corrected chi connectivity index (χ4v) is 7.81. The molecule has 0 atom stereocenters. The van der Waals surface area contributed by atoms with Crippen molar-refractivity contribution in [2.75, 3.05) is 13.6 Å². The number of carbonyl (C=O) groups excluding carboxylic acids is 2. The molecule has 0 saturated heterocycles. The molecular formula is C50H42Cl2F2N6O6. The number of rotatable bonds is 12. The van der Waals surface area contributed by atoms with Gasteiger partial charge in [-0.05, 0) is 101 Å². The predicted molar refractivity (Wildman–Crippen MR) is 253 cm³/mol. The van der Waals surface area contributed by atoms with Gasteiger partial charge in [-0.3, -0.25) is 28.3 Å². The van der Waals surface area contributed by atoms with E-state index >= 15 is 0 Å². The van der Waals surface area contributed by atoms with E-state index in [2.05, 4.69) is 10.6 Å². The Morgan fingerprint density at radius 3 is 1.36 bits per heavy atom. The van der Waals surface area contributed by atoms with Crippen molar-refractivity contribution < 1.29 is 18.4 Å². The number of para-hydroxylation sites is 2. The molecule has 0 aliphatic rings. The van der Waals surface area contributed by atoms with Crippen molar-refractivity contribution in [2.45, 2.75) is 39.3 Å². The van der Waals surface area contributed by atoms with Gasteiger partial charge in [0.25, 0.3) is 11.1 Å². The number of carbonyl (C=O) groups is 2. The summed E-state index contributed by atoms with van der Waals surface area (Å²) in [6.07, 6.45) is 1.25. The summed E-state index contributed by atoms with van der Waals surface area (Å²) in [5.74, 6) is -1.17. The quantitative estimate of drug-likeness (QED) is 0.131. The minimum absolute atomic E-state index is 0.0630. The van der Waals surface area contributed by atoms with Gasteiger partial charge in [-0.2, -0.15) is 0 Å². The van der Waals surface area contributed by atoms with Crippen LogP contribution in [0.1, 0.15) is 35.6 Å². The third-order valence-electron chi connectivity index (χ3n) is 10.8. The maximum atomic E-state index is 13.5. The lowest BCUT2D eigenvalue weighted by Gasteiger charge is -2.15. The van der Waals surface area contributed by atoms with Crippen molar-refractivity contribution in [3.63, 3.8) is 0 Å². The number of amides is 2. The van der Waals surface area contributed by atoms with E-state index < -0.39 is 34.1 Å². The van der Waals surface area contributed by atoms with E-state index in [4.69, 9.17) is 23.2 Å².